The van der Waals surface area contributed by atoms with E-state index in [2.05, 4.69) is 24.5 Å². The molecule has 2 N–H and O–H groups in total. The van der Waals surface area contributed by atoms with Gasteiger partial charge in [0.1, 0.15) is 6.04 Å². The summed E-state index contributed by atoms with van der Waals surface area (Å²) in [7, 11) is 0. The van der Waals surface area contributed by atoms with E-state index in [9.17, 15) is 9.59 Å². The van der Waals surface area contributed by atoms with Crippen molar-refractivity contribution in [3.05, 3.63) is 95.6 Å². The standard InChI is InChI=1S/C27H26N2O4/c1-18(2)20-10-12-22(13-11-20)28-27(31)26(21-6-4-3-5-7-21)29-25(30)15-9-19-8-14-23-24(16-19)33-17-32-23/h3-16,18,26H,17H2,1-2H3,(H,28,31)(H,29,30)/b15-9+/t26-/m0/s1. The zero-order valence-electron chi connectivity index (χ0n) is 18.6. The first-order valence-electron chi connectivity index (χ1n) is 10.8. The molecular formula is C27H26N2O4. The van der Waals surface area contributed by atoms with E-state index in [0.29, 0.717) is 28.7 Å². The van der Waals surface area contributed by atoms with E-state index in [1.54, 1.807) is 18.2 Å². The van der Waals surface area contributed by atoms with Crippen molar-refractivity contribution in [1.29, 1.82) is 0 Å². The molecule has 2 amide bonds. The van der Waals surface area contributed by atoms with Crippen LogP contribution in [-0.2, 0) is 9.59 Å². The lowest BCUT2D eigenvalue weighted by molar-refractivity contribution is -0.123. The molecule has 0 aromatic heterocycles. The molecule has 0 fully saturated rings. The van der Waals surface area contributed by atoms with Gasteiger partial charge in [-0.3, -0.25) is 9.59 Å². The van der Waals surface area contributed by atoms with Crippen molar-refractivity contribution in [3.63, 3.8) is 0 Å². The lowest BCUT2D eigenvalue weighted by Crippen LogP contribution is -2.36. The molecule has 1 atom stereocenters. The number of rotatable bonds is 7. The van der Waals surface area contributed by atoms with Crippen LogP contribution < -0.4 is 20.1 Å². The maximum Gasteiger partial charge on any atom is 0.251 e. The molecule has 3 aromatic carbocycles. The van der Waals surface area contributed by atoms with Crippen LogP contribution in [0.4, 0.5) is 5.69 Å². The van der Waals surface area contributed by atoms with Crippen LogP contribution in [0.5, 0.6) is 11.5 Å². The van der Waals surface area contributed by atoms with Gasteiger partial charge in [-0.2, -0.15) is 0 Å². The maximum absolute atomic E-state index is 13.1. The monoisotopic (exact) mass is 442 g/mol. The third-order valence-corrected chi connectivity index (χ3v) is 5.35. The van der Waals surface area contributed by atoms with Crippen molar-refractivity contribution in [2.45, 2.75) is 25.8 Å². The summed E-state index contributed by atoms with van der Waals surface area (Å²) in [5.41, 5.74) is 3.35. The number of hydrogen-bond donors (Lipinski definition) is 2. The third-order valence-electron chi connectivity index (χ3n) is 5.35. The number of anilines is 1. The molecule has 0 unspecified atom stereocenters. The fourth-order valence-corrected chi connectivity index (χ4v) is 3.49. The molecule has 4 rings (SSSR count). The normalized spacial score (nSPS) is 13.2. The van der Waals surface area contributed by atoms with E-state index in [1.165, 1.54) is 11.6 Å². The van der Waals surface area contributed by atoms with Gasteiger partial charge in [-0.25, -0.2) is 0 Å². The first kappa shape index (κ1) is 22.1. The second-order valence-corrected chi connectivity index (χ2v) is 8.06. The van der Waals surface area contributed by atoms with Crippen LogP contribution >= 0.6 is 0 Å². The molecule has 1 heterocycles. The smallest absolute Gasteiger partial charge is 0.251 e. The lowest BCUT2D eigenvalue weighted by atomic mass is 10.0. The molecule has 168 valence electrons. The quantitative estimate of drug-likeness (QED) is 0.502. The van der Waals surface area contributed by atoms with Gasteiger partial charge in [0.2, 0.25) is 12.7 Å². The zero-order chi connectivity index (χ0) is 23.2. The summed E-state index contributed by atoms with van der Waals surface area (Å²) in [6.07, 6.45) is 3.07. The highest BCUT2D eigenvalue weighted by molar-refractivity contribution is 6.00. The number of hydrogen-bond acceptors (Lipinski definition) is 4. The number of ether oxygens (including phenoxy) is 2. The van der Waals surface area contributed by atoms with Crippen molar-refractivity contribution in [3.8, 4) is 11.5 Å². The average molecular weight is 443 g/mol. The number of carbonyl (C=O) groups is 2. The minimum absolute atomic E-state index is 0.192. The van der Waals surface area contributed by atoms with E-state index in [1.807, 2.05) is 60.7 Å². The van der Waals surface area contributed by atoms with Gasteiger partial charge in [0.15, 0.2) is 11.5 Å². The van der Waals surface area contributed by atoms with Crippen LogP contribution in [0.15, 0.2) is 78.9 Å². The summed E-state index contributed by atoms with van der Waals surface area (Å²) >= 11 is 0. The Bertz CT molecular complexity index is 1150. The van der Waals surface area contributed by atoms with Crippen LogP contribution in [0.1, 0.15) is 42.5 Å². The summed E-state index contributed by atoms with van der Waals surface area (Å²) in [6.45, 7) is 4.42. The van der Waals surface area contributed by atoms with Crippen LogP contribution in [0.25, 0.3) is 6.08 Å². The highest BCUT2D eigenvalue weighted by Crippen LogP contribution is 2.32. The highest BCUT2D eigenvalue weighted by Gasteiger charge is 2.22. The molecule has 33 heavy (non-hydrogen) atoms. The summed E-state index contributed by atoms with van der Waals surface area (Å²) < 4.78 is 10.7. The van der Waals surface area contributed by atoms with Gasteiger partial charge >= 0.3 is 0 Å². The number of fused-ring (bicyclic) bond motifs is 1. The van der Waals surface area contributed by atoms with Gasteiger partial charge in [0.05, 0.1) is 0 Å². The first-order chi connectivity index (χ1) is 16.0. The predicted molar refractivity (Wildman–Crippen MR) is 128 cm³/mol. The molecular weight excluding hydrogens is 416 g/mol. The van der Waals surface area contributed by atoms with Gasteiger partial charge in [-0.15, -0.1) is 0 Å². The lowest BCUT2D eigenvalue weighted by Gasteiger charge is -2.18. The second kappa shape index (κ2) is 10.0. The summed E-state index contributed by atoms with van der Waals surface area (Å²) in [5, 5.41) is 5.72. The number of carbonyl (C=O) groups excluding carboxylic acids is 2. The number of benzene rings is 3. The average Bonchev–Trinajstić information content (AvgIpc) is 3.30. The Morgan fingerprint density at radius 3 is 2.33 bits per heavy atom. The molecule has 0 bridgehead atoms. The van der Waals surface area contributed by atoms with Gasteiger partial charge < -0.3 is 20.1 Å². The van der Waals surface area contributed by atoms with Gasteiger partial charge in [-0.1, -0.05) is 62.4 Å². The van der Waals surface area contributed by atoms with Crippen molar-refractivity contribution in [2.75, 3.05) is 12.1 Å². The summed E-state index contributed by atoms with van der Waals surface area (Å²) in [4.78, 5) is 25.8. The molecule has 1 aliphatic rings. The zero-order valence-corrected chi connectivity index (χ0v) is 18.6. The number of nitrogens with one attached hydrogen (secondary N) is 2. The maximum atomic E-state index is 13.1. The first-order valence-corrected chi connectivity index (χ1v) is 10.8. The molecule has 0 spiro atoms. The Morgan fingerprint density at radius 2 is 1.61 bits per heavy atom. The van der Waals surface area contributed by atoms with Gasteiger partial charge in [0.25, 0.3) is 5.91 Å². The largest absolute Gasteiger partial charge is 0.454 e. The van der Waals surface area contributed by atoms with Crippen LogP contribution in [-0.4, -0.2) is 18.6 Å². The molecule has 6 heteroatoms. The van der Waals surface area contributed by atoms with Gasteiger partial charge in [0, 0.05) is 11.8 Å². The van der Waals surface area contributed by atoms with Crippen molar-refractivity contribution in [2.24, 2.45) is 0 Å². The van der Waals surface area contributed by atoms with Crippen molar-refractivity contribution < 1.29 is 19.1 Å². The van der Waals surface area contributed by atoms with Crippen LogP contribution in [0, 0.1) is 0 Å². The molecule has 6 nitrogen and oxygen atoms in total. The van der Waals surface area contributed by atoms with E-state index in [-0.39, 0.29) is 18.6 Å². The van der Waals surface area contributed by atoms with E-state index < -0.39 is 6.04 Å². The fourth-order valence-electron chi connectivity index (χ4n) is 3.49. The SMILES string of the molecule is CC(C)c1ccc(NC(=O)[C@@H](NC(=O)/C=C/c2ccc3c(c2)OCO3)c2ccccc2)cc1. The molecule has 0 saturated carbocycles. The third kappa shape index (κ3) is 5.60. The minimum Gasteiger partial charge on any atom is -0.454 e. The van der Waals surface area contributed by atoms with E-state index in [4.69, 9.17) is 9.47 Å². The van der Waals surface area contributed by atoms with Crippen molar-refractivity contribution >= 4 is 23.6 Å². The summed E-state index contributed by atoms with van der Waals surface area (Å²) in [5.74, 6) is 1.03. The molecule has 1 aliphatic heterocycles. The Morgan fingerprint density at radius 1 is 0.879 bits per heavy atom. The topological polar surface area (TPSA) is 76.7 Å². The molecule has 0 aliphatic carbocycles. The Kier molecular flexibility index (Phi) is 6.74. The van der Waals surface area contributed by atoms with Crippen LogP contribution in [0.3, 0.4) is 0 Å². The van der Waals surface area contributed by atoms with Crippen molar-refractivity contribution in [1.82, 2.24) is 5.32 Å². The van der Waals surface area contributed by atoms with E-state index in [0.717, 1.165) is 5.56 Å². The number of amides is 2. The minimum atomic E-state index is -0.843. The molecule has 3 aromatic rings. The molecule has 0 radical (unpaired) electrons. The van der Waals surface area contributed by atoms with Gasteiger partial charge in [-0.05, 0) is 52.9 Å². The Balaban J connectivity index is 1.47. The van der Waals surface area contributed by atoms with Crippen LogP contribution in [0.2, 0.25) is 0 Å². The molecule has 0 saturated heterocycles. The van der Waals surface area contributed by atoms with E-state index >= 15 is 0 Å². The Labute approximate surface area is 193 Å². The fraction of sp³-hybridized carbons (Fsp3) is 0.185. The predicted octanol–water partition coefficient (Wildman–Crippen LogP) is 5.05. The Hall–Kier alpha value is -4.06. The summed E-state index contributed by atoms with van der Waals surface area (Å²) in [6, 6.07) is 21.5. The highest BCUT2D eigenvalue weighted by atomic mass is 16.7. The second-order valence-electron chi connectivity index (χ2n) is 8.06.